The molecule has 0 atom stereocenters. The first-order valence-electron chi connectivity index (χ1n) is 7.52. The Kier molecular flexibility index (Phi) is 3.81. The highest BCUT2D eigenvalue weighted by Gasteiger charge is 2.52. The van der Waals surface area contributed by atoms with Gasteiger partial charge in [-0.2, -0.15) is 0 Å². The molecule has 1 aromatic rings. The van der Waals surface area contributed by atoms with Gasteiger partial charge in [0.2, 0.25) is 0 Å². The summed E-state index contributed by atoms with van der Waals surface area (Å²) < 4.78 is 12.4. The van der Waals surface area contributed by atoms with Gasteiger partial charge in [0.05, 0.1) is 11.2 Å². The summed E-state index contributed by atoms with van der Waals surface area (Å²) in [4.78, 5) is 0. The van der Waals surface area contributed by atoms with Gasteiger partial charge in [0.25, 0.3) is 0 Å². The first-order valence-corrected chi connectivity index (χ1v) is 7.52. The van der Waals surface area contributed by atoms with Crippen molar-refractivity contribution >= 4 is 12.6 Å². The van der Waals surface area contributed by atoms with Crippen molar-refractivity contribution in [1.29, 1.82) is 0 Å². The van der Waals surface area contributed by atoms with Crippen LogP contribution >= 0.6 is 0 Å². The van der Waals surface area contributed by atoms with E-state index in [2.05, 4.69) is 67.5 Å². The first kappa shape index (κ1) is 15.6. The van der Waals surface area contributed by atoms with Gasteiger partial charge in [-0.25, -0.2) is 0 Å². The summed E-state index contributed by atoms with van der Waals surface area (Å²) >= 11 is 0. The van der Waals surface area contributed by atoms with Crippen molar-refractivity contribution in [2.24, 2.45) is 0 Å². The molecule has 2 rings (SSSR count). The van der Waals surface area contributed by atoms with Crippen molar-refractivity contribution in [3.63, 3.8) is 0 Å². The molecular formula is C17H27BO2. The van der Waals surface area contributed by atoms with Crippen molar-refractivity contribution < 1.29 is 9.31 Å². The van der Waals surface area contributed by atoms with E-state index in [-0.39, 0.29) is 18.3 Å². The summed E-state index contributed by atoms with van der Waals surface area (Å²) in [6.07, 6.45) is 0. The Morgan fingerprint density at radius 3 is 1.65 bits per heavy atom. The number of hydrogen-bond acceptors (Lipinski definition) is 2. The van der Waals surface area contributed by atoms with Crippen LogP contribution in [0.5, 0.6) is 0 Å². The van der Waals surface area contributed by atoms with E-state index in [1.54, 1.807) is 0 Å². The average Bonchev–Trinajstić information content (AvgIpc) is 2.46. The van der Waals surface area contributed by atoms with Crippen LogP contribution in [-0.4, -0.2) is 18.3 Å². The van der Waals surface area contributed by atoms with Crippen LogP contribution in [0.1, 0.15) is 64.2 Å². The molecule has 1 heterocycles. The van der Waals surface area contributed by atoms with Crippen LogP contribution in [0.3, 0.4) is 0 Å². The van der Waals surface area contributed by atoms with E-state index >= 15 is 0 Å². The third kappa shape index (κ3) is 2.54. The van der Waals surface area contributed by atoms with Crippen LogP contribution < -0.4 is 5.46 Å². The van der Waals surface area contributed by atoms with E-state index in [1.807, 2.05) is 0 Å². The van der Waals surface area contributed by atoms with Crippen LogP contribution in [0.15, 0.2) is 12.1 Å². The van der Waals surface area contributed by atoms with E-state index in [9.17, 15) is 0 Å². The lowest BCUT2D eigenvalue weighted by atomic mass is 9.72. The molecule has 3 heteroatoms. The monoisotopic (exact) mass is 274 g/mol. The fourth-order valence-electron chi connectivity index (χ4n) is 2.67. The molecule has 0 aromatic heterocycles. The van der Waals surface area contributed by atoms with E-state index in [4.69, 9.17) is 9.31 Å². The fourth-order valence-corrected chi connectivity index (χ4v) is 2.67. The molecular weight excluding hydrogens is 247 g/mol. The Morgan fingerprint density at radius 1 is 0.900 bits per heavy atom. The lowest BCUT2D eigenvalue weighted by Gasteiger charge is -2.32. The van der Waals surface area contributed by atoms with E-state index < -0.39 is 0 Å². The van der Waals surface area contributed by atoms with Gasteiger partial charge in [-0.1, -0.05) is 37.1 Å². The predicted octanol–water partition coefficient (Wildman–Crippen LogP) is 3.73. The van der Waals surface area contributed by atoms with Crippen LogP contribution in [0, 0.1) is 13.8 Å². The smallest absolute Gasteiger partial charge is 0.399 e. The van der Waals surface area contributed by atoms with Crippen molar-refractivity contribution in [3.05, 3.63) is 28.8 Å². The number of aryl methyl sites for hydroxylation is 2. The normalized spacial score (nSPS) is 20.8. The predicted molar refractivity (Wildman–Crippen MR) is 85.7 cm³/mol. The zero-order valence-corrected chi connectivity index (χ0v) is 14.1. The van der Waals surface area contributed by atoms with Gasteiger partial charge in [0.15, 0.2) is 0 Å². The second-order valence-electron chi connectivity index (χ2n) is 7.31. The molecule has 1 aliphatic heterocycles. The van der Waals surface area contributed by atoms with Gasteiger partial charge >= 0.3 is 7.12 Å². The summed E-state index contributed by atoms with van der Waals surface area (Å²) in [6, 6.07) is 4.52. The van der Waals surface area contributed by atoms with Gasteiger partial charge in [0.1, 0.15) is 0 Å². The maximum atomic E-state index is 6.19. The van der Waals surface area contributed by atoms with Crippen LogP contribution in [0.25, 0.3) is 0 Å². The van der Waals surface area contributed by atoms with E-state index in [0.717, 1.165) is 0 Å². The largest absolute Gasteiger partial charge is 0.495 e. The summed E-state index contributed by atoms with van der Waals surface area (Å²) in [5.74, 6) is 0.541. The minimum Gasteiger partial charge on any atom is -0.399 e. The Labute approximate surface area is 124 Å². The quantitative estimate of drug-likeness (QED) is 0.765. The summed E-state index contributed by atoms with van der Waals surface area (Å²) in [7, 11) is -0.263. The minimum absolute atomic E-state index is 0.263. The molecule has 2 nitrogen and oxygen atoms in total. The molecule has 0 spiro atoms. The maximum absolute atomic E-state index is 6.19. The zero-order valence-electron chi connectivity index (χ0n) is 14.1. The number of rotatable bonds is 2. The molecule has 0 unspecified atom stereocenters. The van der Waals surface area contributed by atoms with Crippen molar-refractivity contribution in [1.82, 2.24) is 0 Å². The molecule has 1 aliphatic rings. The molecule has 20 heavy (non-hydrogen) atoms. The first-order chi connectivity index (χ1) is 9.05. The van der Waals surface area contributed by atoms with E-state index in [0.29, 0.717) is 5.92 Å². The zero-order chi connectivity index (χ0) is 15.3. The third-order valence-electron chi connectivity index (χ3n) is 4.77. The molecule has 110 valence electrons. The van der Waals surface area contributed by atoms with Crippen molar-refractivity contribution in [3.8, 4) is 0 Å². The highest BCUT2D eigenvalue weighted by atomic mass is 16.7. The van der Waals surface area contributed by atoms with Gasteiger partial charge in [-0.3, -0.25) is 0 Å². The molecule has 1 aromatic carbocycles. The molecule has 0 saturated carbocycles. The highest BCUT2D eigenvalue weighted by molar-refractivity contribution is 6.63. The SMILES string of the molecule is Cc1cc(C(C)C)cc(C)c1B1OC(C)(C)C(C)(C)O1. The Hall–Kier alpha value is -0.795. The van der Waals surface area contributed by atoms with Gasteiger partial charge in [-0.05, 0) is 58.5 Å². The molecule has 0 radical (unpaired) electrons. The van der Waals surface area contributed by atoms with Crippen molar-refractivity contribution in [2.45, 2.75) is 72.5 Å². The fraction of sp³-hybridized carbons (Fsp3) is 0.647. The average molecular weight is 274 g/mol. The van der Waals surface area contributed by atoms with E-state index in [1.165, 1.54) is 22.2 Å². The van der Waals surface area contributed by atoms with Crippen molar-refractivity contribution in [2.75, 3.05) is 0 Å². The third-order valence-corrected chi connectivity index (χ3v) is 4.77. The second-order valence-corrected chi connectivity index (χ2v) is 7.31. The van der Waals surface area contributed by atoms with Gasteiger partial charge < -0.3 is 9.31 Å². The lowest BCUT2D eigenvalue weighted by Crippen LogP contribution is -2.41. The van der Waals surface area contributed by atoms with Gasteiger partial charge in [0, 0.05) is 0 Å². The van der Waals surface area contributed by atoms with Gasteiger partial charge in [-0.15, -0.1) is 0 Å². The molecule has 0 bridgehead atoms. The standard InChI is InChI=1S/C17H27BO2/c1-11(2)14-9-12(3)15(13(4)10-14)18-19-16(5,6)17(7,8)20-18/h9-11H,1-8H3. The lowest BCUT2D eigenvalue weighted by molar-refractivity contribution is 0.00578. The number of benzene rings is 1. The topological polar surface area (TPSA) is 18.5 Å². The Bertz CT molecular complexity index is 479. The Morgan fingerprint density at radius 2 is 1.30 bits per heavy atom. The maximum Gasteiger partial charge on any atom is 0.495 e. The summed E-state index contributed by atoms with van der Waals surface area (Å²) in [5.41, 5.74) is 4.51. The summed E-state index contributed by atoms with van der Waals surface area (Å²) in [6.45, 7) is 17.1. The summed E-state index contributed by atoms with van der Waals surface area (Å²) in [5, 5.41) is 0. The molecule has 0 N–H and O–H groups in total. The molecule has 0 amide bonds. The van der Waals surface area contributed by atoms with Crippen LogP contribution in [-0.2, 0) is 9.31 Å². The second kappa shape index (κ2) is 4.89. The minimum atomic E-state index is -0.284. The molecule has 0 aliphatic carbocycles. The van der Waals surface area contributed by atoms with Crippen LogP contribution in [0.4, 0.5) is 0 Å². The molecule has 1 saturated heterocycles. The van der Waals surface area contributed by atoms with Crippen LogP contribution in [0.2, 0.25) is 0 Å². The molecule has 1 fully saturated rings. The number of hydrogen-bond donors (Lipinski definition) is 0. The Balaban J connectivity index is 2.41. The highest BCUT2D eigenvalue weighted by Crippen LogP contribution is 2.37.